The molecule has 3 amide bonds. The fraction of sp³-hybridized carbons (Fsp3) is 0.560. The van der Waals surface area contributed by atoms with Crippen molar-refractivity contribution >= 4 is 56.1 Å². The molecule has 6 aliphatic rings. The number of carbonyl (C=O) groups excluding carboxylic acids is 4. The molecule has 14 nitrogen and oxygen atoms in total. The van der Waals surface area contributed by atoms with Crippen LogP contribution in [0.25, 0.3) is 21.6 Å². The number of thiazole rings is 1. The SMILES string of the molecule is CC(C)n1c(O[C@@H]2C[C@H]3C(=O)C[C@]4(C(=O)NS(=O)(=O)C5(C)CC5)C[C@H]4/C=C\CCCCC[C@H](NC(=O)OC4C[C@@H]5C[C@@H]5C4)C(=O)N3C2)nc2c(-c3nc(Cc4ccccc4)cs3)cccc21. The van der Waals surface area contributed by atoms with Gasteiger partial charge >= 0.3 is 6.09 Å². The molecule has 1 saturated heterocycles. The number of benzene rings is 2. The largest absolute Gasteiger partial charge is 0.459 e. The number of nitrogens with zero attached hydrogens (tertiary/aromatic N) is 4. The number of ketones is 1. The molecule has 8 atom stereocenters. The van der Waals surface area contributed by atoms with E-state index in [1.807, 2.05) is 67.0 Å². The summed E-state index contributed by atoms with van der Waals surface area (Å²) < 4.78 is 42.8. The minimum atomic E-state index is -3.97. The number of allylic oxidation sites excluding steroid dienone is 2. The van der Waals surface area contributed by atoms with E-state index in [4.69, 9.17) is 19.4 Å². The third-order valence-electron chi connectivity index (χ3n) is 15.1. The van der Waals surface area contributed by atoms with E-state index in [0.717, 1.165) is 59.4 Å². The predicted octanol–water partition coefficient (Wildman–Crippen LogP) is 8.06. The van der Waals surface area contributed by atoms with E-state index >= 15 is 0 Å². The molecular formula is C50H60N6O8S2. The van der Waals surface area contributed by atoms with Crippen molar-refractivity contribution in [2.24, 2.45) is 23.2 Å². The summed E-state index contributed by atoms with van der Waals surface area (Å²) in [6.45, 7) is 5.76. The molecule has 350 valence electrons. The number of aromatic nitrogens is 3. The van der Waals surface area contributed by atoms with Crippen molar-refractivity contribution in [3.8, 4) is 16.6 Å². The van der Waals surface area contributed by atoms with Crippen LogP contribution in [0.2, 0.25) is 0 Å². The molecule has 0 bridgehead atoms. The number of carbonyl (C=O) groups is 4. The molecule has 2 N–H and O–H groups in total. The predicted molar refractivity (Wildman–Crippen MR) is 250 cm³/mol. The number of para-hydroxylation sites is 1. The Balaban J connectivity index is 0.946. The molecule has 5 fully saturated rings. The monoisotopic (exact) mass is 936 g/mol. The van der Waals surface area contributed by atoms with Gasteiger partial charge in [0, 0.05) is 36.2 Å². The number of ether oxygens (including phenoxy) is 2. The highest BCUT2D eigenvalue weighted by Gasteiger charge is 2.63. The lowest BCUT2D eigenvalue weighted by Gasteiger charge is -2.29. The number of amides is 3. The molecule has 10 rings (SSSR count). The van der Waals surface area contributed by atoms with Crippen LogP contribution in [0.1, 0.15) is 122 Å². The van der Waals surface area contributed by atoms with E-state index in [0.29, 0.717) is 56.4 Å². The maximum atomic E-state index is 14.9. The van der Waals surface area contributed by atoms with Gasteiger partial charge in [-0.05, 0) is 114 Å². The molecule has 2 aromatic heterocycles. The standard InChI is InChI=1S/C50H60N6O8S2/c1-30(2)56-40-18-12-16-38(44-51-35(29-65-44)21-31-13-8-7-9-14-31)43(40)53-47(56)63-37-25-41-42(57)27-50(46(59)54-66(61,62)49(3)19-20-49)26-34(50)15-10-5-4-6-11-17-39(45(58)55(41)28-37)52-48(60)64-36-23-32-22-33(32)24-36/h7-10,12-16,18,29-30,32-34,36-37,39,41H,4-6,11,17,19-28H2,1-3H3,(H,52,60)(H,54,59)/b15-10-/t32-,33+,34-,36?,37-,39+,41+,50-/m1/s1. The average Bonchev–Trinajstić information content (AvgIpc) is 4.15. The van der Waals surface area contributed by atoms with Crippen molar-refractivity contribution in [2.75, 3.05) is 6.54 Å². The van der Waals surface area contributed by atoms with Gasteiger partial charge in [-0.2, -0.15) is 4.98 Å². The Bertz CT molecular complexity index is 2670. The van der Waals surface area contributed by atoms with Gasteiger partial charge in [0.25, 0.3) is 6.01 Å². The van der Waals surface area contributed by atoms with E-state index in [1.165, 1.54) is 16.9 Å². The van der Waals surface area contributed by atoms with Crippen LogP contribution >= 0.6 is 11.3 Å². The van der Waals surface area contributed by atoms with Crippen LogP contribution in [0.3, 0.4) is 0 Å². The van der Waals surface area contributed by atoms with Gasteiger partial charge in [0.1, 0.15) is 28.8 Å². The first-order chi connectivity index (χ1) is 31.7. The number of alkyl carbamates (subject to hydrolysis) is 1. The Morgan fingerprint density at radius 2 is 1.74 bits per heavy atom. The van der Waals surface area contributed by atoms with Crippen LogP contribution < -0.4 is 14.8 Å². The van der Waals surface area contributed by atoms with E-state index in [1.54, 1.807) is 18.3 Å². The van der Waals surface area contributed by atoms with Crippen LogP contribution in [0.5, 0.6) is 6.01 Å². The van der Waals surface area contributed by atoms with Crippen LogP contribution in [-0.2, 0) is 35.6 Å². The summed E-state index contributed by atoms with van der Waals surface area (Å²) in [7, 11) is -3.97. The average molecular weight is 937 g/mol. The molecule has 1 unspecified atom stereocenters. The van der Waals surface area contributed by atoms with Crippen LogP contribution in [0.15, 0.2) is 66.1 Å². The van der Waals surface area contributed by atoms with Crippen molar-refractivity contribution in [3.63, 3.8) is 0 Å². The van der Waals surface area contributed by atoms with Crippen molar-refractivity contribution in [3.05, 3.63) is 77.3 Å². The molecule has 4 aliphatic carbocycles. The van der Waals surface area contributed by atoms with Gasteiger partial charge in [0.15, 0.2) is 5.78 Å². The van der Waals surface area contributed by atoms with Gasteiger partial charge < -0.3 is 19.7 Å². The van der Waals surface area contributed by atoms with Crippen LogP contribution in [-0.4, -0.2) is 87.1 Å². The number of imidazole rings is 1. The van der Waals surface area contributed by atoms with Gasteiger partial charge in [0.2, 0.25) is 21.8 Å². The van der Waals surface area contributed by atoms with Gasteiger partial charge in [-0.1, -0.05) is 61.4 Å². The zero-order chi connectivity index (χ0) is 46.0. The van der Waals surface area contributed by atoms with Crippen molar-refractivity contribution in [1.29, 1.82) is 0 Å². The molecule has 4 aromatic rings. The number of hydrogen-bond donors (Lipinski definition) is 2. The third-order valence-corrected chi connectivity index (χ3v) is 18.2. The molecule has 2 aliphatic heterocycles. The summed E-state index contributed by atoms with van der Waals surface area (Å²) in [5.41, 5.74) is 3.31. The minimum Gasteiger partial charge on any atom is -0.459 e. The second-order valence-electron chi connectivity index (χ2n) is 20.3. The Morgan fingerprint density at radius 1 is 0.955 bits per heavy atom. The first kappa shape index (κ1) is 44.7. The number of nitrogens with one attached hydrogen (secondary N) is 2. The Hall–Kier alpha value is -5.09. The van der Waals surface area contributed by atoms with Crippen LogP contribution in [0, 0.1) is 23.2 Å². The normalized spacial score (nSPS) is 29.8. The number of fused-ring (bicyclic) bond motifs is 4. The summed E-state index contributed by atoms with van der Waals surface area (Å²) in [6, 6.07) is 14.5. The zero-order valence-electron chi connectivity index (χ0n) is 37.9. The maximum absolute atomic E-state index is 14.9. The minimum absolute atomic E-state index is 0.0349. The summed E-state index contributed by atoms with van der Waals surface area (Å²) in [4.78, 5) is 69.0. The summed E-state index contributed by atoms with van der Waals surface area (Å²) in [5, 5.41) is 5.81. The van der Waals surface area contributed by atoms with Gasteiger partial charge in [-0.25, -0.2) is 18.2 Å². The van der Waals surface area contributed by atoms with Crippen LogP contribution in [0.4, 0.5) is 4.79 Å². The lowest BCUT2D eigenvalue weighted by Crippen LogP contribution is -2.52. The van der Waals surface area contributed by atoms with Gasteiger partial charge in [-0.3, -0.25) is 23.7 Å². The number of Topliss-reactive ketones (excluding diaryl/α,β-unsaturated/α-hetero) is 1. The molecule has 0 radical (unpaired) electrons. The van der Waals surface area contributed by atoms with Gasteiger partial charge in [0.05, 0.1) is 34.0 Å². The number of sulfonamides is 1. The molecule has 4 saturated carbocycles. The number of rotatable bonds is 11. The summed E-state index contributed by atoms with van der Waals surface area (Å²) in [5.74, 6) is -0.551. The first-order valence-electron chi connectivity index (χ1n) is 23.9. The Morgan fingerprint density at radius 3 is 2.50 bits per heavy atom. The summed E-state index contributed by atoms with van der Waals surface area (Å²) in [6.07, 6.45) is 10.5. The highest BCUT2D eigenvalue weighted by molar-refractivity contribution is 7.91. The quantitative estimate of drug-likeness (QED) is 0.140. The smallest absolute Gasteiger partial charge is 0.408 e. The second-order valence-corrected chi connectivity index (χ2v) is 23.4. The van der Waals surface area contributed by atoms with Crippen molar-refractivity contribution in [1.82, 2.24) is 29.5 Å². The maximum Gasteiger partial charge on any atom is 0.408 e. The highest BCUT2D eigenvalue weighted by atomic mass is 32.2. The molecular weight excluding hydrogens is 877 g/mol. The molecule has 4 heterocycles. The van der Waals surface area contributed by atoms with Crippen molar-refractivity contribution in [2.45, 2.75) is 146 Å². The van der Waals surface area contributed by atoms with Crippen molar-refractivity contribution < 1.29 is 37.1 Å². The van der Waals surface area contributed by atoms with E-state index in [9.17, 15) is 27.6 Å². The van der Waals surface area contributed by atoms with Gasteiger partial charge in [-0.15, -0.1) is 11.3 Å². The summed E-state index contributed by atoms with van der Waals surface area (Å²) >= 11 is 1.56. The highest BCUT2D eigenvalue weighted by Crippen LogP contribution is 2.58. The lowest BCUT2D eigenvalue weighted by atomic mass is 9.91. The van der Waals surface area contributed by atoms with E-state index < -0.39 is 56.3 Å². The Labute approximate surface area is 390 Å². The topological polar surface area (TPSA) is 179 Å². The van der Waals surface area contributed by atoms with E-state index in [-0.39, 0.29) is 43.2 Å². The fourth-order valence-electron chi connectivity index (χ4n) is 10.7. The zero-order valence-corrected chi connectivity index (χ0v) is 39.6. The molecule has 16 heteroatoms. The fourth-order valence-corrected chi connectivity index (χ4v) is 12.9. The Kier molecular flexibility index (Phi) is 11.9. The molecule has 2 aromatic carbocycles. The van der Waals surface area contributed by atoms with E-state index in [2.05, 4.69) is 27.6 Å². The third kappa shape index (κ3) is 8.91. The molecule has 0 spiro atoms. The second kappa shape index (κ2) is 17.5. The molecule has 66 heavy (non-hydrogen) atoms. The first-order valence-corrected chi connectivity index (χ1v) is 26.3. The number of hydrogen-bond acceptors (Lipinski definition) is 11. The lowest BCUT2D eigenvalue weighted by molar-refractivity contribution is -0.140.